The number of amides is 1. The van der Waals surface area contributed by atoms with Gasteiger partial charge in [0, 0.05) is 20.1 Å². The van der Waals surface area contributed by atoms with Crippen LogP contribution in [0.5, 0.6) is 0 Å². The summed E-state index contributed by atoms with van der Waals surface area (Å²) in [7, 11) is 1.62. The standard InChI is InChI=1S/C14H24N4OS/c1-4-14(5-2)6-8-18(9-7-14)13-10(12(19)16-3)11(15)17-20-13/h4-9H2,1-3H3,(H2,15,17)(H,16,19). The van der Waals surface area contributed by atoms with Gasteiger partial charge in [0.25, 0.3) is 5.91 Å². The molecule has 1 aliphatic rings. The molecule has 1 saturated heterocycles. The highest BCUT2D eigenvalue weighted by molar-refractivity contribution is 7.11. The Bertz CT molecular complexity index is 472. The van der Waals surface area contributed by atoms with Gasteiger partial charge in [0.1, 0.15) is 10.6 Å². The minimum absolute atomic E-state index is 0.144. The lowest BCUT2D eigenvalue weighted by molar-refractivity contribution is 0.0964. The van der Waals surface area contributed by atoms with Gasteiger partial charge in [0.05, 0.1) is 0 Å². The number of aromatic nitrogens is 1. The predicted molar refractivity (Wildman–Crippen MR) is 84.4 cm³/mol. The van der Waals surface area contributed by atoms with E-state index in [1.54, 1.807) is 7.05 Å². The van der Waals surface area contributed by atoms with Crippen molar-refractivity contribution in [2.45, 2.75) is 39.5 Å². The lowest BCUT2D eigenvalue weighted by Gasteiger charge is -2.41. The number of nitrogens with one attached hydrogen (secondary N) is 1. The van der Waals surface area contributed by atoms with Gasteiger partial charge in [-0.3, -0.25) is 4.79 Å². The molecule has 2 rings (SSSR count). The number of carbonyl (C=O) groups excluding carboxylic acids is 1. The Labute approximate surface area is 124 Å². The molecular weight excluding hydrogens is 272 g/mol. The van der Waals surface area contributed by atoms with E-state index in [9.17, 15) is 4.79 Å². The Morgan fingerprint density at radius 3 is 2.50 bits per heavy atom. The monoisotopic (exact) mass is 296 g/mol. The molecule has 5 nitrogen and oxygen atoms in total. The second-order valence-corrected chi connectivity index (χ2v) is 6.27. The lowest BCUT2D eigenvalue weighted by atomic mass is 9.74. The maximum absolute atomic E-state index is 11.9. The van der Waals surface area contributed by atoms with Crippen LogP contribution in [0.4, 0.5) is 10.8 Å². The molecule has 0 spiro atoms. The van der Waals surface area contributed by atoms with Crippen molar-refractivity contribution in [2.75, 3.05) is 30.8 Å². The average molecular weight is 296 g/mol. The van der Waals surface area contributed by atoms with Crippen molar-refractivity contribution in [3.63, 3.8) is 0 Å². The third-order valence-corrected chi connectivity index (χ3v) is 5.69. The van der Waals surface area contributed by atoms with Crippen molar-refractivity contribution >= 4 is 28.3 Å². The first-order valence-corrected chi connectivity index (χ1v) is 8.06. The van der Waals surface area contributed by atoms with Gasteiger partial charge >= 0.3 is 0 Å². The third kappa shape index (κ3) is 2.61. The number of carbonyl (C=O) groups is 1. The van der Waals surface area contributed by atoms with Crippen LogP contribution in [0, 0.1) is 5.41 Å². The van der Waals surface area contributed by atoms with E-state index in [1.807, 2.05) is 0 Å². The van der Waals surface area contributed by atoms with Gasteiger partial charge in [-0.25, -0.2) is 0 Å². The lowest BCUT2D eigenvalue weighted by Crippen LogP contribution is -2.40. The number of anilines is 2. The molecule has 0 radical (unpaired) electrons. The minimum atomic E-state index is -0.144. The molecule has 0 aliphatic carbocycles. The summed E-state index contributed by atoms with van der Waals surface area (Å²) in [5, 5.41) is 3.57. The first kappa shape index (κ1) is 15.1. The summed E-state index contributed by atoms with van der Waals surface area (Å²) in [6, 6.07) is 0. The fraction of sp³-hybridized carbons (Fsp3) is 0.714. The van der Waals surface area contributed by atoms with Gasteiger partial charge in [-0.2, -0.15) is 4.37 Å². The van der Waals surface area contributed by atoms with Crippen LogP contribution >= 0.6 is 11.5 Å². The van der Waals surface area contributed by atoms with Crippen LogP contribution in [0.25, 0.3) is 0 Å². The quantitative estimate of drug-likeness (QED) is 0.895. The molecule has 0 aromatic carbocycles. The summed E-state index contributed by atoms with van der Waals surface area (Å²) in [6.07, 6.45) is 4.80. The molecule has 20 heavy (non-hydrogen) atoms. The fourth-order valence-electron chi connectivity index (χ4n) is 2.99. The van der Waals surface area contributed by atoms with Crippen molar-refractivity contribution < 1.29 is 4.79 Å². The van der Waals surface area contributed by atoms with Crippen LogP contribution in [0.15, 0.2) is 0 Å². The second kappa shape index (κ2) is 5.99. The van der Waals surface area contributed by atoms with Crippen LogP contribution in [-0.2, 0) is 0 Å². The normalized spacial score (nSPS) is 18.1. The molecule has 0 bridgehead atoms. The van der Waals surface area contributed by atoms with Crippen LogP contribution in [0.1, 0.15) is 49.9 Å². The van der Waals surface area contributed by atoms with Crippen LogP contribution in [-0.4, -0.2) is 30.4 Å². The van der Waals surface area contributed by atoms with Gasteiger partial charge in [-0.05, 0) is 29.8 Å². The van der Waals surface area contributed by atoms with E-state index in [0.717, 1.165) is 18.1 Å². The minimum Gasteiger partial charge on any atom is -0.382 e. The highest BCUT2D eigenvalue weighted by atomic mass is 32.1. The largest absolute Gasteiger partial charge is 0.382 e. The van der Waals surface area contributed by atoms with E-state index >= 15 is 0 Å². The SMILES string of the molecule is CCC1(CC)CCN(c2snc(N)c2C(=O)NC)CC1. The summed E-state index contributed by atoms with van der Waals surface area (Å²) in [5.41, 5.74) is 6.85. The predicted octanol–water partition coefficient (Wildman–Crippen LogP) is 2.49. The van der Waals surface area contributed by atoms with Gasteiger partial charge < -0.3 is 16.0 Å². The molecule has 3 N–H and O–H groups in total. The first-order valence-electron chi connectivity index (χ1n) is 7.29. The van der Waals surface area contributed by atoms with Crippen molar-refractivity contribution in [2.24, 2.45) is 5.41 Å². The first-order chi connectivity index (χ1) is 9.56. The van der Waals surface area contributed by atoms with Crippen LogP contribution in [0.2, 0.25) is 0 Å². The van der Waals surface area contributed by atoms with Crippen molar-refractivity contribution in [3.8, 4) is 0 Å². The summed E-state index contributed by atoms with van der Waals surface area (Å²) in [4.78, 5) is 14.2. The number of nitrogen functional groups attached to an aromatic ring is 1. The molecule has 0 atom stereocenters. The third-order valence-electron chi connectivity index (χ3n) is 4.77. The number of hydrogen-bond donors (Lipinski definition) is 2. The Kier molecular flexibility index (Phi) is 4.52. The number of nitrogens with zero attached hydrogens (tertiary/aromatic N) is 2. The fourth-order valence-corrected chi connectivity index (χ4v) is 3.85. The molecule has 1 aliphatic heterocycles. The van der Waals surface area contributed by atoms with Crippen molar-refractivity contribution in [1.82, 2.24) is 9.69 Å². The highest BCUT2D eigenvalue weighted by Gasteiger charge is 2.33. The van der Waals surface area contributed by atoms with Crippen molar-refractivity contribution in [3.05, 3.63) is 5.56 Å². The summed E-state index contributed by atoms with van der Waals surface area (Å²) >= 11 is 1.33. The van der Waals surface area contributed by atoms with E-state index in [4.69, 9.17) is 5.73 Å². The van der Waals surface area contributed by atoms with E-state index in [-0.39, 0.29) is 5.91 Å². The Hall–Kier alpha value is -1.30. The van der Waals surface area contributed by atoms with Crippen LogP contribution < -0.4 is 16.0 Å². The average Bonchev–Trinajstić information content (AvgIpc) is 2.88. The van der Waals surface area contributed by atoms with Gasteiger partial charge in [0.2, 0.25) is 0 Å². The Balaban J connectivity index is 2.17. The van der Waals surface area contributed by atoms with Crippen LogP contribution in [0.3, 0.4) is 0 Å². The molecular formula is C14H24N4OS. The summed E-state index contributed by atoms with van der Waals surface area (Å²) in [6.45, 7) is 6.51. The zero-order valence-corrected chi connectivity index (χ0v) is 13.3. The maximum atomic E-state index is 11.9. The molecule has 1 amide bonds. The molecule has 112 valence electrons. The molecule has 1 aromatic rings. The zero-order chi connectivity index (χ0) is 14.8. The number of nitrogens with two attached hydrogens (primary N) is 1. The summed E-state index contributed by atoms with van der Waals surface area (Å²) < 4.78 is 4.15. The number of hydrogen-bond acceptors (Lipinski definition) is 5. The van der Waals surface area contributed by atoms with Gasteiger partial charge in [0.15, 0.2) is 5.82 Å². The molecule has 1 fully saturated rings. The molecule has 2 heterocycles. The topological polar surface area (TPSA) is 71.2 Å². The zero-order valence-electron chi connectivity index (χ0n) is 12.5. The smallest absolute Gasteiger partial charge is 0.257 e. The van der Waals surface area contributed by atoms with E-state index in [1.165, 1.54) is 37.2 Å². The molecule has 0 unspecified atom stereocenters. The number of piperidine rings is 1. The second-order valence-electron chi connectivity index (χ2n) is 5.52. The Morgan fingerprint density at radius 1 is 1.40 bits per heavy atom. The van der Waals surface area contributed by atoms with E-state index in [2.05, 4.69) is 28.4 Å². The van der Waals surface area contributed by atoms with Gasteiger partial charge in [-0.1, -0.05) is 26.7 Å². The maximum Gasteiger partial charge on any atom is 0.257 e. The van der Waals surface area contributed by atoms with E-state index in [0.29, 0.717) is 16.8 Å². The molecule has 6 heteroatoms. The Morgan fingerprint density at radius 2 is 2.00 bits per heavy atom. The molecule has 1 aromatic heterocycles. The highest BCUT2D eigenvalue weighted by Crippen LogP contribution is 2.41. The van der Waals surface area contributed by atoms with Crippen molar-refractivity contribution in [1.29, 1.82) is 0 Å². The summed E-state index contributed by atoms with van der Waals surface area (Å²) in [5.74, 6) is 0.196. The molecule has 0 saturated carbocycles. The van der Waals surface area contributed by atoms with E-state index < -0.39 is 0 Å². The number of rotatable bonds is 4. The van der Waals surface area contributed by atoms with Gasteiger partial charge in [-0.15, -0.1) is 0 Å².